The molecule has 1 aliphatic heterocycles. The van der Waals surface area contributed by atoms with Crippen LogP contribution < -0.4 is 10.6 Å². The van der Waals surface area contributed by atoms with Crippen LogP contribution in [0.25, 0.3) is 0 Å². The first kappa shape index (κ1) is 28.0. The molecule has 178 valence electrons. The lowest BCUT2D eigenvalue weighted by atomic mass is 9.96. The number of halogens is 4. The highest BCUT2D eigenvalue weighted by molar-refractivity contribution is 14.0. The number of likely N-dealkylation sites (N-methyl/N-ethyl adjacent to an activating group) is 1. The Morgan fingerprint density at radius 1 is 1.10 bits per heavy atom. The summed E-state index contributed by atoms with van der Waals surface area (Å²) in [6, 6.07) is 5.60. The maximum Gasteiger partial charge on any atom is 0.416 e. The molecule has 0 aromatic heterocycles. The molecule has 0 spiro atoms. The molecule has 0 bridgehead atoms. The van der Waals surface area contributed by atoms with Gasteiger partial charge in [0.1, 0.15) is 0 Å². The van der Waals surface area contributed by atoms with E-state index >= 15 is 0 Å². The highest BCUT2D eigenvalue weighted by atomic mass is 127. The summed E-state index contributed by atoms with van der Waals surface area (Å²) in [5, 5.41) is 6.58. The van der Waals surface area contributed by atoms with E-state index in [9.17, 15) is 13.2 Å². The van der Waals surface area contributed by atoms with E-state index in [1.54, 1.807) is 13.1 Å². The molecule has 1 aromatic rings. The Kier molecular flexibility index (Phi) is 12.8. The molecule has 1 atom stereocenters. The van der Waals surface area contributed by atoms with Gasteiger partial charge in [-0.2, -0.15) is 13.2 Å². The number of guanidine groups is 1. The number of unbranched alkanes of at least 4 members (excludes halogenated alkanes) is 1. The van der Waals surface area contributed by atoms with Crippen molar-refractivity contribution in [1.82, 2.24) is 20.4 Å². The molecule has 1 saturated heterocycles. The summed E-state index contributed by atoms with van der Waals surface area (Å²) >= 11 is 0. The van der Waals surface area contributed by atoms with Gasteiger partial charge in [0.15, 0.2) is 5.96 Å². The van der Waals surface area contributed by atoms with Gasteiger partial charge in [0, 0.05) is 46.3 Å². The molecule has 9 heteroatoms. The zero-order chi connectivity index (χ0) is 22.0. The lowest BCUT2D eigenvalue weighted by molar-refractivity contribution is -0.137. The van der Waals surface area contributed by atoms with Crippen molar-refractivity contribution in [2.45, 2.75) is 38.3 Å². The SMILES string of the molecule is CN=C(NCCCCN1CCN(C)CC1)NCCC(C)c1cccc(C(F)(F)F)c1.I. The predicted molar refractivity (Wildman–Crippen MR) is 132 cm³/mol. The van der Waals surface area contributed by atoms with E-state index < -0.39 is 11.7 Å². The molecule has 5 nitrogen and oxygen atoms in total. The Hall–Kier alpha value is -1.07. The van der Waals surface area contributed by atoms with Gasteiger partial charge in [-0.15, -0.1) is 24.0 Å². The smallest absolute Gasteiger partial charge is 0.356 e. The van der Waals surface area contributed by atoms with Crippen molar-refractivity contribution in [3.63, 3.8) is 0 Å². The number of benzene rings is 1. The van der Waals surface area contributed by atoms with Crippen molar-refractivity contribution in [1.29, 1.82) is 0 Å². The van der Waals surface area contributed by atoms with Crippen LogP contribution in [0.15, 0.2) is 29.3 Å². The van der Waals surface area contributed by atoms with Gasteiger partial charge in [-0.1, -0.05) is 25.1 Å². The van der Waals surface area contributed by atoms with Crippen molar-refractivity contribution in [2.75, 3.05) is 59.9 Å². The maximum atomic E-state index is 12.9. The topological polar surface area (TPSA) is 42.9 Å². The molecule has 0 radical (unpaired) electrons. The van der Waals surface area contributed by atoms with Gasteiger partial charge in [0.25, 0.3) is 0 Å². The largest absolute Gasteiger partial charge is 0.416 e. The lowest BCUT2D eigenvalue weighted by Crippen LogP contribution is -2.44. The number of nitrogens with zero attached hydrogens (tertiary/aromatic N) is 3. The molecule has 1 aliphatic rings. The zero-order valence-electron chi connectivity index (χ0n) is 18.8. The third-order valence-corrected chi connectivity index (χ3v) is 5.67. The Balaban J connectivity index is 0.00000480. The summed E-state index contributed by atoms with van der Waals surface area (Å²) < 4.78 is 38.7. The minimum absolute atomic E-state index is 0. The van der Waals surface area contributed by atoms with Crippen LogP contribution in [-0.4, -0.2) is 75.7 Å². The van der Waals surface area contributed by atoms with E-state index in [0.29, 0.717) is 12.1 Å². The van der Waals surface area contributed by atoms with Crippen molar-refractivity contribution in [2.24, 2.45) is 4.99 Å². The van der Waals surface area contributed by atoms with Crippen LogP contribution in [0.2, 0.25) is 0 Å². The van der Waals surface area contributed by atoms with Gasteiger partial charge in [0.2, 0.25) is 0 Å². The van der Waals surface area contributed by atoms with E-state index in [1.165, 1.54) is 12.1 Å². The first-order chi connectivity index (χ1) is 14.3. The van der Waals surface area contributed by atoms with Crippen LogP contribution in [0.1, 0.15) is 43.2 Å². The lowest BCUT2D eigenvalue weighted by Gasteiger charge is -2.32. The summed E-state index contributed by atoms with van der Waals surface area (Å²) in [6.45, 7) is 9.19. The second-order valence-corrected chi connectivity index (χ2v) is 8.09. The van der Waals surface area contributed by atoms with E-state index in [0.717, 1.165) is 70.6 Å². The van der Waals surface area contributed by atoms with Gasteiger partial charge in [-0.05, 0) is 50.4 Å². The fourth-order valence-electron chi connectivity index (χ4n) is 3.55. The molecule has 31 heavy (non-hydrogen) atoms. The van der Waals surface area contributed by atoms with E-state index in [4.69, 9.17) is 0 Å². The average molecular weight is 555 g/mol. The number of aliphatic imine (C=N–C) groups is 1. The molecule has 2 rings (SSSR count). The number of rotatable bonds is 9. The third-order valence-electron chi connectivity index (χ3n) is 5.67. The van der Waals surface area contributed by atoms with Crippen LogP contribution in [0, 0.1) is 0 Å². The number of nitrogens with one attached hydrogen (secondary N) is 2. The fourth-order valence-corrected chi connectivity index (χ4v) is 3.55. The van der Waals surface area contributed by atoms with Crippen molar-refractivity contribution < 1.29 is 13.2 Å². The zero-order valence-corrected chi connectivity index (χ0v) is 21.2. The number of piperazine rings is 1. The molecule has 0 saturated carbocycles. The van der Waals surface area contributed by atoms with Crippen LogP contribution in [0.5, 0.6) is 0 Å². The summed E-state index contributed by atoms with van der Waals surface area (Å²) in [7, 11) is 3.90. The second kappa shape index (κ2) is 14.2. The summed E-state index contributed by atoms with van der Waals surface area (Å²) in [5.41, 5.74) is 0.118. The average Bonchev–Trinajstić information content (AvgIpc) is 2.73. The Morgan fingerprint density at radius 3 is 2.42 bits per heavy atom. The van der Waals surface area contributed by atoms with Crippen molar-refractivity contribution in [3.05, 3.63) is 35.4 Å². The maximum absolute atomic E-state index is 12.9. The second-order valence-electron chi connectivity index (χ2n) is 8.09. The highest BCUT2D eigenvalue weighted by Gasteiger charge is 2.30. The molecule has 0 aliphatic carbocycles. The molecule has 1 aromatic carbocycles. The van der Waals surface area contributed by atoms with Crippen molar-refractivity contribution >= 4 is 29.9 Å². The van der Waals surface area contributed by atoms with Crippen LogP contribution in [0.4, 0.5) is 13.2 Å². The van der Waals surface area contributed by atoms with Gasteiger partial charge in [-0.3, -0.25) is 4.99 Å². The number of alkyl halides is 3. The van der Waals surface area contributed by atoms with E-state index in [-0.39, 0.29) is 29.9 Å². The number of hydrogen-bond donors (Lipinski definition) is 2. The Morgan fingerprint density at radius 2 is 1.77 bits per heavy atom. The van der Waals surface area contributed by atoms with Crippen LogP contribution in [-0.2, 0) is 6.18 Å². The third kappa shape index (κ3) is 10.4. The Labute approximate surface area is 201 Å². The molecule has 1 unspecified atom stereocenters. The molecular weight excluding hydrogens is 518 g/mol. The summed E-state index contributed by atoms with van der Waals surface area (Å²) in [5.74, 6) is 0.771. The van der Waals surface area contributed by atoms with Crippen LogP contribution in [0.3, 0.4) is 0 Å². The first-order valence-electron chi connectivity index (χ1n) is 10.8. The normalized spacial score (nSPS) is 17.2. The van der Waals surface area contributed by atoms with Crippen molar-refractivity contribution in [3.8, 4) is 0 Å². The van der Waals surface area contributed by atoms with Crippen LogP contribution >= 0.6 is 24.0 Å². The van der Waals surface area contributed by atoms with E-state index in [1.807, 2.05) is 6.92 Å². The standard InChI is InChI=1S/C22H36F3N5.HI/c1-18(19-7-6-8-20(17-19)22(23,24)25)9-11-28-21(26-2)27-10-4-5-12-30-15-13-29(3)14-16-30;/h6-8,17-18H,4-5,9-16H2,1-3H3,(H2,26,27,28);1H. The fraction of sp³-hybridized carbons (Fsp3) is 0.682. The first-order valence-corrected chi connectivity index (χ1v) is 10.8. The number of hydrogen-bond acceptors (Lipinski definition) is 3. The van der Waals surface area contributed by atoms with Gasteiger partial charge in [-0.25, -0.2) is 0 Å². The minimum atomic E-state index is -4.30. The summed E-state index contributed by atoms with van der Waals surface area (Å²) in [6.07, 6.45) is -1.34. The van der Waals surface area contributed by atoms with Gasteiger partial charge >= 0.3 is 6.18 Å². The highest BCUT2D eigenvalue weighted by Crippen LogP contribution is 2.31. The van der Waals surface area contributed by atoms with Gasteiger partial charge in [0.05, 0.1) is 5.56 Å². The minimum Gasteiger partial charge on any atom is -0.356 e. The van der Waals surface area contributed by atoms with E-state index in [2.05, 4.69) is 32.5 Å². The summed E-state index contributed by atoms with van der Waals surface area (Å²) in [4.78, 5) is 9.11. The van der Waals surface area contributed by atoms with Gasteiger partial charge < -0.3 is 20.4 Å². The molecule has 1 heterocycles. The predicted octanol–water partition coefficient (Wildman–Crippen LogP) is 4.01. The molecular formula is C22H37F3IN5. The Bertz CT molecular complexity index is 661. The molecule has 1 fully saturated rings. The quantitative estimate of drug-likeness (QED) is 0.209. The molecule has 0 amide bonds. The molecule has 2 N–H and O–H groups in total. The monoisotopic (exact) mass is 555 g/mol.